The molecule has 0 spiro atoms. The van der Waals surface area contributed by atoms with Crippen molar-refractivity contribution in [1.29, 1.82) is 0 Å². The van der Waals surface area contributed by atoms with E-state index >= 15 is 0 Å². The van der Waals surface area contributed by atoms with E-state index in [1.165, 1.54) is 51.4 Å². The Morgan fingerprint density at radius 1 is 1.09 bits per heavy atom. The molecule has 4 heteroatoms. The quantitative estimate of drug-likeness (QED) is 0.795. The minimum Gasteiger partial charge on any atom is -0.444 e. The molecule has 2 fully saturated rings. The van der Waals surface area contributed by atoms with E-state index < -0.39 is 5.60 Å². The molecule has 0 radical (unpaired) electrons. The first-order valence-electron chi connectivity index (χ1n) is 9.58. The molecule has 0 saturated heterocycles. The lowest BCUT2D eigenvalue weighted by Gasteiger charge is -2.36. The van der Waals surface area contributed by atoms with Crippen LogP contribution in [-0.2, 0) is 4.74 Å². The number of amides is 1. The predicted molar refractivity (Wildman–Crippen MR) is 94.5 cm³/mol. The van der Waals surface area contributed by atoms with Crippen LogP contribution in [0.5, 0.6) is 0 Å². The van der Waals surface area contributed by atoms with Crippen LogP contribution in [0.15, 0.2) is 0 Å². The molecule has 1 amide bonds. The summed E-state index contributed by atoms with van der Waals surface area (Å²) in [5.41, 5.74) is -0.425. The average Bonchev–Trinajstić information content (AvgIpc) is 2.99. The Kier molecular flexibility index (Phi) is 6.75. The highest BCUT2D eigenvalue weighted by molar-refractivity contribution is 5.67. The smallest absolute Gasteiger partial charge is 0.407 e. The van der Waals surface area contributed by atoms with Crippen LogP contribution in [0.3, 0.4) is 0 Å². The Morgan fingerprint density at radius 3 is 2.35 bits per heavy atom. The van der Waals surface area contributed by atoms with Gasteiger partial charge in [-0.15, -0.1) is 0 Å². The number of rotatable bonds is 5. The monoisotopic (exact) mass is 324 g/mol. The van der Waals surface area contributed by atoms with Gasteiger partial charge in [0, 0.05) is 18.6 Å². The van der Waals surface area contributed by atoms with E-state index in [2.05, 4.69) is 17.6 Å². The maximum absolute atomic E-state index is 11.9. The van der Waals surface area contributed by atoms with Crippen molar-refractivity contribution in [2.45, 2.75) is 96.7 Å². The molecule has 0 aromatic heterocycles. The number of carbonyl (C=O) groups is 1. The fourth-order valence-corrected chi connectivity index (χ4v) is 4.13. The maximum atomic E-state index is 11.9. The largest absolute Gasteiger partial charge is 0.444 e. The van der Waals surface area contributed by atoms with Gasteiger partial charge < -0.3 is 15.4 Å². The van der Waals surface area contributed by atoms with E-state index in [9.17, 15) is 4.79 Å². The van der Waals surface area contributed by atoms with Gasteiger partial charge in [-0.25, -0.2) is 4.79 Å². The summed E-state index contributed by atoms with van der Waals surface area (Å²) in [4.78, 5) is 11.9. The summed E-state index contributed by atoms with van der Waals surface area (Å²) in [6.45, 7) is 8.79. The minimum atomic E-state index is -0.425. The van der Waals surface area contributed by atoms with E-state index in [-0.39, 0.29) is 6.09 Å². The summed E-state index contributed by atoms with van der Waals surface area (Å²) in [6.07, 6.45) is 10.3. The van der Waals surface area contributed by atoms with Crippen molar-refractivity contribution < 1.29 is 9.53 Å². The van der Waals surface area contributed by atoms with Crippen LogP contribution < -0.4 is 10.6 Å². The van der Waals surface area contributed by atoms with Gasteiger partial charge in [0.1, 0.15) is 5.60 Å². The van der Waals surface area contributed by atoms with Crippen LogP contribution in [0.25, 0.3) is 0 Å². The van der Waals surface area contributed by atoms with Crippen molar-refractivity contribution in [3.63, 3.8) is 0 Å². The lowest BCUT2D eigenvalue weighted by molar-refractivity contribution is 0.0509. The van der Waals surface area contributed by atoms with Crippen molar-refractivity contribution in [2.75, 3.05) is 6.54 Å². The number of alkyl carbamates (subject to hydrolysis) is 1. The summed E-state index contributed by atoms with van der Waals surface area (Å²) in [5.74, 6) is 1.37. The van der Waals surface area contributed by atoms with Crippen LogP contribution in [-0.4, -0.2) is 30.3 Å². The molecule has 0 aromatic rings. The number of nitrogens with one attached hydrogen (secondary N) is 2. The average molecular weight is 325 g/mol. The topological polar surface area (TPSA) is 50.4 Å². The summed E-state index contributed by atoms with van der Waals surface area (Å²) < 4.78 is 5.36. The zero-order chi connectivity index (χ0) is 16.9. The van der Waals surface area contributed by atoms with Crippen molar-refractivity contribution in [3.05, 3.63) is 0 Å². The lowest BCUT2D eigenvalue weighted by Crippen LogP contribution is -2.49. The third-order valence-electron chi connectivity index (χ3n) is 5.40. The lowest BCUT2D eigenvalue weighted by atomic mass is 9.83. The number of ether oxygens (including phenoxy) is 1. The van der Waals surface area contributed by atoms with Crippen molar-refractivity contribution in [2.24, 2.45) is 11.8 Å². The molecule has 2 unspecified atom stereocenters. The van der Waals surface area contributed by atoms with E-state index in [0.717, 1.165) is 12.5 Å². The standard InChI is InChI=1S/C19H36N2O2/c1-14(15-9-5-6-10-15)21-17-12-8-7-11-16(17)13-20-18(22)23-19(2,3)4/h14-17,21H,5-13H2,1-4H3,(H,20,22)/t14-,16?,17?/m1/s1. The Hall–Kier alpha value is -0.770. The van der Waals surface area contributed by atoms with Gasteiger partial charge in [-0.05, 0) is 65.2 Å². The van der Waals surface area contributed by atoms with Crippen molar-refractivity contribution in [3.8, 4) is 0 Å². The van der Waals surface area contributed by atoms with Gasteiger partial charge >= 0.3 is 6.09 Å². The SMILES string of the molecule is C[C@@H](NC1CCCCC1CNC(=O)OC(C)(C)C)C1CCCC1. The number of hydrogen-bond donors (Lipinski definition) is 2. The van der Waals surface area contributed by atoms with Crippen LogP contribution in [0.1, 0.15) is 79.1 Å². The van der Waals surface area contributed by atoms with Crippen LogP contribution >= 0.6 is 0 Å². The third kappa shape index (κ3) is 6.33. The summed E-state index contributed by atoms with van der Waals surface area (Å²) in [6, 6.07) is 1.14. The fraction of sp³-hybridized carbons (Fsp3) is 0.947. The molecule has 2 rings (SSSR count). The van der Waals surface area contributed by atoms with E-state index in [1.54, 1.807) is 0 Å². The minimum absolute atomic E-state index is 0.286. The second-order valence-corrected chi connectivity index (χ2v) is 8.53. The summed E-state index contributed by atoms with van der Waals surface area (Å²) in [7, 11) is 0. The second-order valence-electron chi connectivity index (χ2n) is 8.53. The highest BCUT2D eigenvalue weighted by atomic mass is 16.6. The van der Waals surface area contributed by atoms with Gasteiger partial charge in [0.2, 0.25) is 0 Å². The normalized spacial score (nSPS) is 27.7. The zero-order valence-corrected chi connectivity index (χ0v) is 15.5. The third-order valence-corrected chi connectivity index (χ3v) is 5.40. The Balaban J connectivity index is 1.79. The van der Waals surface area contributed by atoms with E-state index in [1.807, 2.05) is 20.8 Å². The molecule has 2 aliphatic rings. The van der Waals surface area contributed by atoms with Crippen molar-refractivity contribution >= 4 is 6.09 Å². The predicted octanol–water partition coefficient (Wildman–Crippen LogP) is 4.24. The van der Waals surface area contributed by atoms with Crippen LogP contribution in [0, 0.1) is 11.8 Å². The summed E-state index contributed by atoms with van der Waals surface area (Å²) in [5, 5.41) is 6.87. The Labute approximate surface area is 142 Å². The molecular weight excluding hydrogens is 288 g/mol. The fourth-order valence-electron chi connectivity index (χ4n) is 4.13. The maximum Gasteiger partial charge on any atom is 0.407 e. The molecule has 0 aromatic carbocycles. The van der Waals surface area contributed by atoms with Crippen LogP contribution in [0.2, 0.25) is 0 Å². The molecule has 2 aliphatic carbocycles. The van der Waals surface area contributed by atoms with E-state index in [4.69, 9.17) is 4.74 Å². The second kappa shape index (κ2) is 8.36. The highest BCUT2D eigenvalue weighted by Crippen LogP contribution is 2.30. The first kappa shape index (κ1) is 18.6. The van der Waals surface area contributed by atoms with Gasteiger partial charge in [-0.1, -0.05) is 25.7 Å². The molecule has 0 heterocycles. The molecule has 4 nitrogen and oxygen atoms in total. The molecule has 0 bridgehead atoms. The van der Waals surface area contributed by atoms with Gasteiger partial charge in [0.25, 0.3) is 0 Å². The first-order chi connectivity index (χ1) is 10.8. The van der Waals surface area contributed by atoms with Gasteiger partial charge in [0.05, 0.1) is 0 Å². The molecule has 2 N–H and O–H groups in total. The van der Waals surface area contributed by atoms with Crippen molar-refractivity contribution in [1.82, 2.24) is 10.6 Å². The van der Waals surface area contributed by atoms with Gasteiger partial charge in [0.15, 0.2) is 0 Å². The molecular formula is C19H36N2O2. The highest BCUT2D eigenvalue weighted by Gasteiger charge is 2.30. The molecule has 23 heavy (non-hydrogen) atoms. The molecule has 2 saturated carbocycles. The Bertz CT molecular complexity index is 372. The molecule has 0 aliphatic heterocycles. The number of hydrogen-bond acceptors (Lipinski definition) is 3. The molecule has 3 atom stereocenters. The summed E-state index contributed by atoms with van der Waals surface area (Å²) >= 11 is 0. The molecule has 134 valence electrons. The Morgan fingerprint density at radius 2 is 1.70 bits per heavy atom. The number of carbonyl (C=O) groups excluding carboxylic acids is 1. The van der Waals surface area contributed by atoms with E-state index in [0.29, 0.717) is 18.0 Å². The van der Waals surface area contributed by atoms with Gasteiger partial charge in [-0.2, -0.15) is 0 Å². The first-order valence-corrected chi connectivity index (χ1v) is 9.58. The van der Waals surface area contributed by atoms with Crippen LogP contribution in [0.4, 0.5) is 4.79 Å². The zero-order valence-electron chi connectivity index (χ0n) is 15.5. The van der Waals surface area contributed by atoms with Gasteiger partial charge in [-0.3, -0.25) is 0 Å².